The number of halogens is 2. The molecule has 0 radical (unpaired) electrons. The van der Waals surface area contributed by atoms with E-state index in [1.54, 1.807) is 18.3 Å². The number of rotatable bonds is 9. The molecule has 0 aliphatic carbocycles. The molecule has 8 nitrogen and oxygen atoms in total. The van der Waals surface area contributed by atoms with Gasteiger partial charge in [0.25, 0.3) is 0 Å². The van der Waals surface area contributed by atoms with Gasteiger partial charge in [-0.1, -0.05) is 60.5 Å². The molecule has 5 rings (SSSR count). The summed E-state index contributed by atoms with van der Waals surface area (Å²) in [5, 5.41) is 8.96. The third kappa shape index (κ3) is 7.45. The van der Waals surface area contributed by atoms with Gasteiger partial charge in [-0.2, -0.15) is 20.1 Å². The number of nitrogens with zero attached hydrogens (tertiary/aromatic N) is 5. The molecule has 2 N–H and O–H groups in total. The fourth-order valence-electron chi connectivity index (χ4n) is 4.50. The number of ether oxygens (including phenoxy) is 1. The zero-order valence-corrected chi connectivity index (χ0v) is 24.9. The summed E-state index contributed by atoms with van der Waals surface area (Å²) in [6.07, 6.45) is 3.89. The van der Waals surface area contributed by atoms with Gasteiger partial charge < -0.3 is 15.0 Å². The van der Waals surface area contributed by atoms with E-state index in [2.05, 4.69) is 52.6 Å². The average molecular weight is 591 g/mol. The molecule has 0 amide bonds. The molecule has 0 spiro atoms. The zero-order chi connectivity index (χ0) is 28.8. The van der Waals surface area contributed by atoms with Crippen LogP contribution in [0.25, 0.3) is 0 Å². The van der Waals surface area contributed by atoms with E-state index in [-0.39, 0.29) is 0 Å². The average Bonchev–Trinajstić information content (AvgIpc) is 2.96. The number of nitrogens with one attached hydrogen (secondary N) is 2. The van der Waals surface area contributed by atoms with Gasteiger partial charge in [-0.25, -0.2) is 5.43 Å². The van der Waals surface area contributed by atoms with Crippen LogP contribution in [0.3, 0.4) is 0 Å². The van der Waals surface area contributed by atoms with Crippen LogP contribution in [0, 0.1) is 19.8 Å². The minimum Gasteiger partial charge on any atom is -0.488 e. The monoisotopic (exact) mass is 589 g/mol. The number of benzene rings is 3. The van der Waals surface area contributed by atoms with Crippen LogP contribution in [-0.4, -0.2) is 34.3 Å². The number of piperidine rings is 1. The lowest BCUT2D eigenvalue weighted by atomic mass is 10.00. The Morgan fingerprint density at radius 2 is 1.76 bits per heavy atom. The molecule has 0 unspecified atom stereocenters. The van der Waals surface area contributed by atoms with Crippen LogP contribution >= 0.6 is 23.2 Å². The number of hydrogen-bond acceptors (Lipinski definition) is 8. The van der Waals surface area contributed by atoms with E-state index < -0.39 is 0 Å². The van der Waals surface area contributed by atoms with Crippen LogP contribution in [0.5, 0.6) is 5.75 Å². The third-order valence-electron chi connectivity index (χ3n) is 7.23. The molecule has 1 aromatic heterocycles. The molecule has 0 saturated carbocycles. The van der Waals surface area contributed by atoms with E-state index in [9.17, 15) is 0 Å². The van der Waals surface area contributed by atoms with E-state index in [1.807, 2.05) is 42.5 Å². The van der Waals surface area contributed by atoms with Gasteiger partial charge in [0.1, 0.15) is 12.4 Å². The van der Waals surface area contributed by atoms with Gasteiger partial charge in [0.15, 0.2) is 0 Å². The first-order valence-corrected chi connectivity index (χ1v) is 14.4. The fraction of sp³-hybridized carbons (Fsp3) is 0.290. The second kappa shape index (κ2) is 13.2. The molecule has 4 aromatic rings. The smallest absolute Gasteiger partial charge is 0.250 e. The van der Waals surface area contributed by atoms with Gasteiger partial charge in [-0.15, -0.1) is 0 Å². The standard InChI is InChI=1S/C31H33Cl2N7O/c1-20-13-15-40(16-14-20)31-37-29(35-27-9-6-7-21(2)22(27)3)36-30(38-31)39-34-18-23-8-4-5-10-28(23)41-19-24-11-12-25(32)17-26(24)33/h4-12,17-18,20H,13-16,19H2,1-3H3,(H2,35,36,37,38,39). The van der Waals surface area contributed by atoms with Crippen molar-refractivity contribution in [3.05, 3.63) is 93.0 Å². The van der Waals surface area contributed by atoms with Crippen LogP contribution in [-0.2, 0) is 6.61 Å². The first-order valence-electron chi connectivity index (χ1n) is 13.6. The second-order valence-corrected chi connectivity index (χ2v) is 11.1. The molecule has 1 saturated heterocycles. The molecule has 3 aromatic carbocycles. The summed E-state index contributed by atoms with van der Waals surface area (Å²) in [6.45, 7) is 8.55. The molecule has 41 heavy (non-hydrogen) atoms. The predicted octanol–water partition coefficient (Wildman–Crippen LogP) is 7.80. The van der Waals surface area contributed by atoms with Crippen molar-refractivity contribution in [1.82, 2.24) is 15.0 Å². The molecular formula is C31H33Cl2N7O. The van der Waals surface area contributed by atoms with Crippen LogP contribution in [0.2, 0.25) is 10.0 Å². The number of para-hydroxylation sites is 1. The predicted molar refractivity (Wildman–Crippen MR) is 168 cm³/mol. The maximum atomic E-state index is 6.31. The molecule has 0 atom stereocenters. The summed E-state index contributed by atoms with van der Waals surface area (Å²) in [5.41, 5.74) is 7.92. The maximum Gasteiger partial charge on any atom is 0.250 e. The van der Waals surface area contributed by atoms with E-state index in [0.29, 0.717) is 46.2 Å². The van der Waals surface area contributed by atoms with Crippen molar-refractivity contribution in [2.24, 2.45) is 11.0 Å². The molecule has 1 aliphatic heterocycles. The SMILES string of the molecule is Cc1cccc(Nc2nc(NN=Cc3ccccc3OCc3ccc(Cl)cc3Cl)nc(N3CCC(C)CC3)n2)c1C. The first kappa shape index (κ1) is 28.6. The van der Waals surface area contributed by atoms with Gasteiger partial charge in [0.2, 0.25) is 17.8 Å². The Morgan fingerprint density at radius 1 is 0.976 bits per heavy atom. The largest absolute Gasteiger partial charge is 0.488 e. The number of anilines is 4. The third-order valence-corrected chi connectivity index (χ3v) is 7.81. The highest BCUT2D eigenvalue weighted by Crippen LogP contribution is 2.26. The van der Waals surface area contributed by atoms with Gasteiger partial charge in [-0.05, 0) is 74.1 Å². The lowest BCUT2D eigenvalue weighted by Gasteiger charge is -2.30. The Balaban J connectivity index is 1.35. The van der Waals surface area contributed by atoms with Crippen molar-refractivity contribution in [1.29, 1.82) is 0 Å². The van der Waals surface area contributed by atoms with E-state index in [1.165, 1.54) is 5.56 Å². The molecule has 10 heteroatoms. The van der Waals surface area contributed by atoms with Crippen molar-refractivity contribution >= 4 is 52.9 Å². The number of hydrogen-bond donors (Lipinski definition) is 2. The van der Waals surface area contributed by atoms with Crippen molar-refractivity contribution in [2.45, 2.75) is 40.2 Å². The zero-order valence-electron chi connectivity index (χ0n) is 23.4. The molecule has 0 bridgehead atoms. The number of hydrazone groups is 1. The fourth-order valence-corrected chi connectivity index (χ4v) is 4.96. The molecule has 1 aliphatic rings. The van der Waals surface area contributed by atoms with Crippen LogP contribution < -0.4 is 20.4 Å². The quantitative estimate of drug-likeness (QED) is 0.152. The highest BCUT2D eigenvalue weighted by Gasteiger charge is 2.20. The van der Waals surface area contributed by atoms with Crippen molar-refractivity contribution in [3.63, 3.8) is 0 Å². The van der Waals surface area contributed by atoms with E-state index >= 15 is 0 Å². The van der Waals surface area contributed by atoms with Gasteiger partial charge in [0, 0.05) is 39.9 Å². The van der Waals surface area contributed by atoms with Gasteiger partial charge in [-0.3, -0.25) is 0 Å². The number of aryl methyl sites for hydroxylation is 1. The summed E-state index contributed by atoms with van der Waals surface area (Å²) in [4.78, 5) is 16.3. The Bertz CT molecular complexity index is 1540. The van der Waals surface area contributed by atoms with Crippen molar-refractivity contribution in [3.8, 4) is 5.75 Å². The molecular weight excluding hydrogens is 557 g/mol. The first-order chi connectivity index (χ1) is 19.9. The topological polar surface area (TPSA) is 87.6 Å². The molecule has 1 fully saturated rings. The van der Waals surface area contributed by atoms with E-state index in [0.717, 1.165) is 48.3 Å². The van der Waals surface area contributed by atoms with Crippen molar-refractivity contribution < 1.29 is 4.74 Å². The Hall–Kier alpha value is -3.88. The minimum absolute atomic E-state index is 0.299. The minimum atomic E-state index is 0.299. The summed E-state index contributed by atoms with van der Waals surface area (Å²) >= 11 is 12.3. The number of aromatic nitrogens is 3. The Kier molecular flexibility index (Phi) is 9.21. The normalized spacial score (nSPS) is 13.9. The summed E-state index contributed by atoms with van der Waals surface area (Å²) < 4.78 is 6.06. The summed E-state index contributed by atoms with van der Waals surface area (Å²) in [6, 6.07) is 19.1. The van der Waals surface area contributed by atoms with Crippen LogP contribution in [0.1, 0.15) is 42.0 Å². The second-order valence-electron chi connectivity index (χ2n) is 10.3. The van der Waals surface area contributed by atoms with Crippen molar-refractivity contribution in [2.75, 3.05) is 28.7 Å². The van der Waals surface area contributed by atoms with Gasteiger partial charge >= 0.3 is 0 Å². The summed E-state index contributed by atoms with van der Waals surface area (Å²) in [5.74, 6) is 2.80. The Labute approximate surface area is 250 Å². The highest BCUT2D eigenvalue weighted by molar-refractivity contribution is 6.35. The lowest BCUT2D eigenvalue weighted by molar-refractivity contribution is 0.306. The molecule has 2 heterocycles. The Morgan fingerprint density at radius 3 is 2.56 bits per heavy atom. The maximum absolute atomic E-state index is 6.31. The van der Waals surface area contributed by atoms with Crippen LogP contribution in [0.15, 0.2) is 65.8 Å². The van der Waals surface area contributed by atoms with Gasteiger partial charge in [0.05, 0.1) is 6.21 Å². The van der Waals surface area contributed by atoms with E-state index in [4.69, 9.17) is 37.9 Å². The molecule has 212 valence electrons. The lowest BCUT2D eigenvalue weighted by Crippen LogP contribution is -2.34. The summed E-state index contributed by atoms with van der Waals surface area (Å²) in [7, 11) is 0. The highest BCUT2D eigenvalue weighted by atomic mass is 35.5. The van der Waals surface area contributed by atoms with Crippen LogP contribution in [0.4, 0.5) is 23.5 Å².